The number of hydrogen-bond acceptors (Lipinski definition) is 2. The molecule has 1 atom stereocenters. The highest BCUT2D eigenvalue weighted by Gasteiger charge is 2.33. The molecule has 0 bridgehead atoms. The van der Waals surface area contributed by atoms with Gasteiger partial charge in [-0.3, -0.25) is 4.79 Å². The van der Waals surface area contributed by atoms with Gasteiger partial charge in [0.1, 0.15) is 5.78 Å². The minimum Gasteiger partial charge on any atom is -0.313 e. The first kappa shape index (κ1) is 15.6. The Kier molecular flexibility index (Phi) is 4.35. The highest BCUT2D eigenvalue weighted by Crippen LogP contribution is 2.37. The predicted octanol–water partition coefficient (Wildman–Crippen LogP) is 4.41. The van der Waals surface area contributed by atoms with Crippen molar-refractivity contribution in [3.63, 3.8) is 0 Å². The van der Waals surface area contributed by atoms with Crippen molar-refractivity contribution in [3.8, 4) is 0 Å². The lowest BCUT2D eigenvalue weighted by molar-refractivity contribution is -0.118. The van der Waals surface area contributed by atoms with Gasteiger partial charge in [-0.05, 0) is 30.2 Å². The summed E-state index contributed by atoms with van der Waals surface area (Å²) in [6.45, 7) is 2.00. The molecule has 2 amide bonds. The van der Waals surface area contributed by atoms with E-state index in [2.05, 4.69) is 5.32 Å². The van der Waals surface area contributed by atoms with Gasteiger partial charge < -0.3 is 10.2 Å². The summed E-state index contributed by atoms with van der Waals surface area (Å²) in [5.74, 6) is 0.0451. The Labute approximate surface area is 140 Å². The van der Waals surface area contributed by atoms with Crippen LogP contribution in [0.3, 0.4) is 0 Å². The average Bonchev–Trinajstić information content (AvgIpc) is 2.51. The summed E-state index contributed by atoms with van der Waals surface area (Å²) >= 11 is 6.01. The number of carbonyl (C=O) groups is 2. The lowest BCUT2D eigenvalue weighted by Gasteiger charge is -2.37. The van der Waals surface area contributed by atoms with Gasteiger partial charge >= 0.3 is 6.03 Å². The SMILES string of the molecule is CC(=O)CC1c2ccc(Cl)cc2NC(=O)N1Cc1ccccc1. The maximum Gasteiger partial charge on any atom is 0.322 e. The number of anilines is 1. The molecule has 4 nitrogen and oxygen atoms in total. The second kappa shape index (κ2) is 6.42. The van der Waals surface area contributed by atoms with Crippen molar-refractivity contribution < 1.29 is 9.59 Å². The van der Waals surface area contributed by atoms with Crippen molar-refractivity contribution in [3.05, 3.63) is 64.7 Å². The monoisotopic (exact) mass is 328 g/mol. The average molecular weight is 329 g/mol. The Morgan fingerprint density at radius 2 is 1.96 bits per heavy atom. The molecule has 0 saturated heterocycles. The van der Waals surface area contributed by atoms with Crippen molar-refractivity contribution >= 4 is 29.1 Å². The van der Waals surface area contributed by atoms with Crippen molar-refractivity contribution in [1.29, 1.82) is 0 Å². The zero-order chi connectivity index (χ0) is 16.4. The summed E-state index contributed by atoms with van der Waals surface area (Å²) in [5, 5.41) is 3.42. The molecule has 0 spiro atoms. The molecule has 23 heavy (non-hydrogen) atoms. The minimum absolute atomic E-state index is 0.0451. The first-order chi connectivity index (χ1) is 11.0. The van der Waals surface area contributed by atoms with Gasteiger partial charge in [0.05, 0.1) is 6.04 Å². The molecular weight excluding hydrogens is 312 g/mol. The fraction of sp³-hybridized carbons (Fsp3) is 0.222. The van der Waals surface area contributed by atoms with E-state index in [1.54, 1.807) is 24.0 Å². The van der Waals surface area contributed by atoms with Crippen LogP contribution in [0.25, 0.3) is 0 Å². The number of ketones is 1. The number of rotatable bonds is 4. The molecule has 1 aliphatic heterocycles. The van der Waals surface area contributed by atoms with Crippen LogP contribution in [0.15, 0.2) is 48.5 Å². The molecule has 5 heteroatoms. The number of urea groups is 1. The van der Waals surface area contributed by atoms with E-state index in [9.17, 15) is 9.59 Å². The first-order valence-electron chi connectivity index (χ1n) is 7.45. The number of carbonyl (C=O) groups excluding carboxylic acids is 2. The highest BCUT2D eigenvalue weighted by atomic mass is 35.5. The van der Waals surface area contributed by atoms with Gasteiger partial charge in [-0.2, -0.15) is 0 Å². The topological polar surface area (TPSA) is 49.4 Å². The molecule has 3 rings (SSSR count). The second-order valence-electron chi connectivity index (χ2n) is 5.70. The summed E-state index contributed by atoms with van der Waals surface area (Å²) in [7, 11) is 0. The maximum atomic E-state index is 12.5. The summed E-state index contributed by atoms with van der Waals surface area (Å²) in [5.41, 5.74) is 2.62. The zero-order valence-corrected chi connectivity index (χ0v) is 13.5. The Bertz CT molecular complexity index is 746. The molecular formula is C18H17ClN2O2. The van der Waals surface area contributed by atoms with Crippen molar-refractivity contribution in [1.82, 2.24) is 4.90 Å². The van der Waals surface area contributed by atoms with E-state index in [-0.39, 0.29) is 24.3 Å². The molecule has 2 aromatic rings. The number of nitrogens with zero attached hydrogens (tertiary/aromatic N) is 1. The molecule has 0 aromatic heterocycles. The molecule has 118 valence electrons. The largest absolute Gasteiger partial charge is 0.322 e. The summed E-state index contributed by atoms with van der Waals surface area (Å²) in [6, 6.07) is 14.6. The van der Waals surface area contributed by atoms with Crippen LogP contribution in [0.2, 0.25) is 5.02 Å². The Morgan fingerprint density at radius 3 is 2.65 bits per heavy atom. The van der Waals surface area contributed by atoms with E-state index in [0.717, 1.165) is 11.1 Å². The van der Waals surface area contributed by atoms with Crippen molar-refractivity contribution in [2.75, 3.05) is 5.32 Å². The predicted molar refractivity (Wildman–Crippen MR) is 90.5 cm³/mol. The van der Waals surface area contributed by atoms with Gasteiger partial charge in [0, 0.05) is 23.7 Å². The smallest absolute Gasteiger partial charge is 0.313 e. The number of hydrogen-bond donors (Lipinski definition) is 1. The standard InChI is InChI=1S/C18H17ClN2O2/c1-12(22)9-17-15-8-7-14(19)10-16(15)20-18(23)21(17)11-13-5-3-2-4-6-13/h2-8,10,17H,9,11H2,1H3,(H,20,23). The van der Waals surface area contributed by atoms with Gasteiger partial charge in [0.2, 0.25) is 0 Å². The first-order valence-corrected chi connectivity index (χ1v) is 7.83. The lowest BCUT2D eigenvalue weighted by Crippen LogP contribution is -2.42. The Balaban J connectivity index is 1.98. The summed E-state index contributed by atoms with van der Waals surface area (Å²) in [6.07, 6.45) is 0.287. The Morgan fingerprint density at radius 1 is 1.22 bits per heavy atom. The van der Waals surface area contributed by atoms with Crippen molar-refractivity contribution in [2.45, 2.75) is 25.9 Å². The normalized spacial score (nSPS) is 16.7. The fourth-order valence-electron chi connectivity index (χ4n) is 2.88. The van der Waals surface area contributed by atoms with Crippen LogP contribution in [-0.2, 0) is 11.3 Å². The van der Waals surface area contributed by atoms with E-state index in [1.165, 1.54) is 0 Å². The Hall–Kier alpha value is -2.33. The fourth-order valence-corrected chi connectivity index (χ4v) is 3.05. The molecule has 0 saturated carbocycles. The molecule has 1 unspecified atom stereocenters. The molecule has 2 aromatic carbocycles. The van der Waals surface area contributed by atoms with Crippen LogP contribution in [-0.4, -0.2) is 16.7 Å². The van der Waals surface area contributed by atoms with Crippen LogP contribution in [0.1, 0.15) is 30.5 Å². The lowest BCUT2D eigenvalue weighted by atomic mass is 9.96. The van der Waals surface area contributed by atoms with Crippen LogP contribution in [0.5, 0.6) is 0 Å². The molecule has 0 radical (unpaired) electrons. The van der Waals surface area contributed by atoms with E-state index in [0.29, 0.717) is 17.3 Å². The van der Waals surface area contributed by atoms with Crippen LogP contribution in [0.4, 0.5) is 10.5 Å². The molecule has 0 aliphatic carbocycles. The second-order valence-corrected chi connectivity index (χ2v) is 6.13. The quantitative estimate of drug-likeness (QED) is 0.903. The summed E-state index contributed by atoms with van der Waals surface area (Å²) in [4.78, 5) is 25.9. The van der Waals surface area contributed by atoms with Crippen molar-refractivity contribution in [2.24, 2.45) is 0 Å². The van der Waals surface area contributed by atoms with Gasteiger partial charge in [0.25, 0.3) is 0 Å². The number of amides is 2. The maximum absolute atomic E-state index is 12.5. The van der Waals surface area contributed by atoms with E-state index in [4.69, 9.17) is 11.6 Å². The van der Waals surface area contributed by atoms with Crippen LogP contribution >= 0.6 is 11.6 Å². The third-order valence-corrected chi connectivity index (χ3v) is 4.16. The number of Topliss-reactive ketones (excluding diaryl/α,β-unsaturated/α-hetero) is 1. The van der Waals surface area contributed by atoms with E-state index >= 15 is 0 Å². The number of halogens is 1. The van der Waals surface area contributed by atoms with Gasteiger partial charge in [-0.1, -0.05) is 48.0 Å². The minimum atomic E-state index is -0.284. The number of fused-ring (bicyclic) bond motifs is 1. The van der Waals surface area contributed by atoms with E-state index in [1.807, 2.05) is 36.4 Å². The molecule has 1 aliphatic rings. The van der Waals surface area contributed by atoms with Gasteiger partial charge in [-0.15, -0.1) is 0 Å². The van der Waals surface area contributed by atoms with Gasteiger partial charge in [0.15, 0.2) is 0 Å². The third-order valence-electron chi connectivity index (χ3n) is 3.93. The van der Waals surface area contributed by atoms with Crippen LogP contribution in [0, 0.1) is 0 Å². The zero-order valence-electron chi connectivity index (χ0n) is 12.8. The summed E-state index contributed by atoms with van der Waals surface area (Å²) < 4.78 is 0. The third kappa shape index (κ3) is 3.37. The number of benzene rings is 2. The van der Waals surface area contributed by atoms with Crippen LogP contribution < -0.4 is 5.32 Å². The van der Waals surface area contributed by atoms with E-state index < -0.39 is 0 Å². The number of nitrogens with one attached hydrogen (secondary N) is 1. The molecule has 0 fully saturated rings. The van der Waals surface area contributed by atoms with Gasteiger partial charge in [-0.25, -0.2) is 4.79 Å². The molecule has 1 N–H and O–H groups in total. The molecule has 1 heterocycles. The highest BCUT2D eigenvalue weighted by molar-refractivity contribution is 6.31.